The molecule has 3 atom stereocenters. The summed E-state index contributed by atoms with van der Waals surface area (Å²) in [6, 6.07) is 6.13. The summed E-state index contributed by atoms with van der Waals surface area (Å²) in [5.41, 5.74) is 0.785. The summed E-state index contributed by atoms with van der Waals surface area (Å²) in [7, 11) is 0. The Morgan fingerprint density at radius 3 is 2.86 bits per heavy atom. The second kappa shape index (κ2) is 6.32. The van der Waals surface area contributed by atoms with Crippen molar-refractivity contribution < 1.29 is 4.92 Å². The van der Waals surface area contributed by atoms with Crippen LogP contribution in [-0.2, 0) is 0 Å². The standard InChI is InChI=1S/C15H20BrN3O2/c16-10-6-7-14(15(9-10)19(20)21)18-13-4-1-3-11(13)12-5-2-8-17-12/h6-7,9,11-13,17-18H,1-5,8H2. The van der Waals surface area contributed by atoms with E-state index in [0.717, 1.165) is 17.4 Å². The molecule has 1 aliphatic carbocycles. The summed E-state index contributed by atoms with van der Waals surface area (Å²) in [6.45, 7) is 1.10. The molecule has 3 unspecified atom stereocenters. The predicted octanol–water partition coefficient (Wildman–Crippen LogP) is 3.69. The summed E-state index contributed by atoms with van der Waals surface area (Å²) in [4.78, 5) is 10.9. The van der Waals surface area contributed by atoms with E-state index in [9.17, 15) is 10.1 Å². The lowest BCUT2D eigenvalue weighted by Crippen LogP contribution is -2.38. The number of hydrogen-bond donors (Lipinski definition) is 2. The molecule has 2 fully saturated rings. The third-order valence-electron chi connectivity index (χ3n) is 4.68. The molecule has 0 aromatic heterocycles. The van der Waals surface area contributed by atoms with Crippen molar-refractivity contribution in [3.8, 4) is 0 Å². The average molecular weight is 354 g/mol. The number of anilines is 1. The zero-order chi connectivity index (χ0) is 14.8. The molecule has 1 saturated carbocycles. The van der Waals surface area contributed by atoms with Gasteiger partial charge >= 0.3 is 0 Å². The molecule has 1 aliphatic heterocycles. The Kier molecular flexibility index (Phi) is 4.45. The van der Waals surface area contributed by atoms with E-state index in [0.29, 0.717) is 23.7 Å². The van der Waals surface area contributed by atoms with Crippen molar-refractivity contribution in [1.29, 1.82) is 0 Å². The normalized spacial score (nSPS) is 28.7. The molecule has 0 amide bonds. The number of benzene rings is 1. The molecule has 6 heteroatoms. The fourth-order valence-electron chi connectivity index (χ4n) is 3.70. The van der Waals surface area contributed by atoms with Crippen LogP contribution >= 0.6 is 15.9 Å². The van der Waals surface area contributed by atoms with E-state index in [1.54, 1.807) is 12.1 Å². The van der Waals surface area contributed by atoms with Crippen molar-refractivity contribution in [3.63, 3.8) is 0 Å². The second-order valence-corrected chi connectivity index (χ2v) is 6.88. The fraction of sp³-hybridized carbons (Fsp3) is 0.600. The van der Waals surface area contributed by atoms with Crippen LogP contribution in [0.3, 0.4) is 0 Å². The van der Waals surface area contributed by atoms with Gasteiger partial charge in [0.15, 0.2) is 0 Å². The number of nitrogens with one attached hydrogen (secondary N) is 2. The minimum absolute atomic E-state index is 0.148. The van der Waals surface area contributed by atoms with Crippen molar-refractivity contribution in [2.45, 2.75) is 44.2 Å². The van der Waals surface area contributed by atoms with Crippen molar-refractivity contribution >= 4 is 27.3 Å². The molecule has 5 nitrogen and oxygen atoms in total. The maximum atomic E-state index is 11.2. The van der Waals surface area contributed by atoms with Gasteiger partial charge in [-0.2, -0.15) is 0 Å². The Labute approximate surface area is 132 Å². The van der Waals surface area contributed by atoms with E-state index < -0.39 is 0 Å². The highest BCUT2D eigenvalue weighted by molar-refractivity contribution is 9.10. The van der Waals surface area contributed by atoms with Gasteiger partial charge in [0, 0.05) is 22.6 Å². The average Bonchev–Trinajstić information content (AvgIpc) is 3.11. The fourth-order valence-corrected chi connectivity index (χ4v) is 4.05. The van der Waals surface area contributed by atoms with Crippen LogP contribution < -0.4 is 10.6 Å². The molecular formula is C15H20BrN3O2. The monoisotopic (exact) mass is 353 g/mol. The van der Waals surface area contributed by atoms with Gasteiger partial charge in [0.1, 0.15) is 5.69 Å². The Morgan fingerprint density at radius 1 is 1.29 bits per heavy atom. The first kappa shape index (κ1) is 14.8. The molecule has 3 rings (SSSR count). The van der Waals surface area contributed by atoms with E-state index >= 15 is 0 Å². The van der Waals surface area contributed by atoms with Gasteiger partial charge in [-0.3, -0.25) is 10.1 Å². The van der Waals surface area contributed by atoms with Crippen LogP contribution in [0.2, 0.25) is 0 Å². The molecule has 114 valence electrons. The number of hydrogen-bond acceptors (Lipinski definition) is 4. The molecule has 1 aromatic rings. The van der Waals surface area contributed by atoms with Crippen LogP contribution in [0.5, 0.6) is 0 Å². The molecular weight excluding hydrogens is 334 g/mol. The van der Waals surface area contributed by atoms with Crippen LogP contribution in [-0.4, -0.2) is 23.6 Å². The van der Waals surface area contributed by atoms with Crippen LogP contribution in [0.15, 0.2) is 22.7 Å². The highest BCUT2D eigenvalue weighted by atomic mass is 79.9. The van der Waals surface area contributed by atoms with E-state index in [-0.39, 0.29) is 10.6 Å². The topological polar surface area (TPSA) is 67.2 Å². The number of nitro groups is 1. The Hall–Kier alpha value is -1.14. The highest BCUT2D eigenvalue weighted by Gasteiger charge is 2.35. The number of nitro benzene ring substituents is 1. The summed E-state index contributed by atoms with van der Waals surface area (Å²) < 4.78 is 0.736. The number of nitrogens with zero attached hydrogens (tertiary/aromatic N) is 1. The van der Waals surface area contributed by atoms with Crippen LogP contribution in [0, 0.1) is 16.0 Å². The SMILES string of the molecule is O=[N+]([O-])c1cc(Br)ccc1NC1CCCC1C1CCCN1. The van der Waals surface area contributed by atoms with Crippen LogP contribution in [0.4, 0.5) is 11.4 Å². The van der Waals surface area contributed by atoms with Crippen molar-refractivity contribution in [2.24, 2.45) is 5.92 Å². The third kappa shape index (κ3) is 3.21. The minimum Gasteiger partial charge on any atom is -0.376 e. The Balaban J connectivity index is 1.77. The zero-order valence-corrected chi connectivity index (χ0v) is 13.4. The largest absolute Gasteiger partial charge is 0.376 e. The van der Waals surface area contributed by atoms with Gasteiger partial charge in [-0.25, -0.2) is 0 Å². The third-order valence-corrected chi connectivity index (χ3v) is 5.18. The molecule has 2 aliphatic rings. The maximum Gasteiger partial charge on any atom is 0.293 e. The quantitative estimate of drug-likeness (QED) is 0.639. The van der Waals surface area contributed by atoms with E-state index in [2.05, 4.69) is 26.6 Å². The van der Waals surface area contributed by atoms with Crippen molar-refractivity contribution in [1.82, 2.24) is 5.32 Å². The highest BCUT2D eigenvalue weighted by Crippen LogP contribution is 2.36. The van der Waals surface area contributed by atoms with Gasteiger partial charge in [-0.05, 0) is 50.3 Å². The molecule has 2 N–H and O–H groups in total. The summed E-state index contributed by atoms with van der Waals surface area (Å²) in [6.07, 6.45) is 5.97. The van der Waals surface area contributed by atoms with Crippen LogP contribution in [0.1, 0.15) is 32.1 Å². The van der Waals surface area contributed by atoms with Gasteiger partial charge < -0.3 is 10.6 Å². The lowest BCUT2D eigenvalue weighted by molar-refractivity contribution is -0.384. The first-order chi connectivity index (χ1) is 10.1. The van der Waals surface area contributed by atoms with E-state index in [4.69, 9.17) is 0 Å². The zero-order valence-electron chi connectivity index (χ0n) is 11.8. The van der Waals surface area contributed by atoms with Gasteiger partial charge in [0.25, 0.3) is 5.69 Å². The second-order valence-electron chi connectivity index (χ2n) is 5.97. The maximum absolute atomic E-state index is 11.2. The van der Waals surface area contributed by atoms with Gasteiger partial charge in [0.2, 0.25) is 0 Å². The predicted molar refractivity (Wildman–Crippen MR) is 86.6 cm³/mol. The molecule has 1 aromatic carbocycles. The van der Waals surface area contributed by atoms with E-state index in [1.165, 1.54) is 25.7 Å². The molecule has 1 saturated heterocycles. The lowest BCUT2D eigenvalue weighted by atomic mass is 9.93. The molecule has 1 heterocycles. The minimum atomic E-state index is -0.315. The van der Waals surface area contributed by atoms with E-state index in [1.807, 2.05) is 6.07 Å². The van der Waals surface area contributed by atoms with Gasteiger partial charge in [-0.15, -0.1) is 0 Å². The molecule has 0 radical (unpaired) electrons. The Morgan fingerprint density at radius 2 is 2.14 bits per heavy atom. The summed E-state index contributed by atoms with van der Waals surface area (Å²) in [5, 5.41) is 18.2. The lowest BCUT2D eigenvalue weighted by Gasteiger charge is -2.27. The summed E-state index contributed by atoms with van der Waals surface area (Å²) >= 11 is 3.30. The van der Waals surface area contributed by atoms with Gasteiger partial charge in [-0.1, -0.05) is 22.4 Å². The smallest absolute Gasteiger partial charge is 0.293 e. The number of rotatable bonds is 4. The molecule has 0 bridgehead atoms. The number of halogens is 1. The molecule has 0 spiro atoms. The van der Waals surface area contributed by atoms with Gasteiger partial charge in [0.05, 0.1) is 4.92 Å². The van der Waals surface area contributed by atoms with Crippen molar-refractivity contribution in [2.75, 3.05) is 11.9 Å². The Bertz CT molecular complexity index is 532. The summed E-state index contributed by atoms with van der Waals surface area (Å²) in [5.74, 6) is 0.579. The molecule has 21 heavy (non-hydrogen) atoms. The van der Waals surface area contributed by atoms with Crippen molar-refractivity contribution in [3.05, 3.63) is 32.8 Å². The first-order valence-electron chi connectivity index (χ1n) is 7.59. The van der Waals surface area contributed by atoms with Crippen LogP contribution in [0.25, 0.3) is 0 Å². The first-order valence-corrected chi connectivity index (χ1v) is 8.38.